The largest absolute Gasteiger partial charge is 0.480 e. The summed E-state index contributed by atoms with van der Waals surface area (Å²) < 4.78 is 29.1. The number of hydrogen-bond acceptors (Lipinski definition) is 13. The summed E-state index contributed by atoms with van der Waals surface area (Å²) in [5, 5.41) is 28.6. The van der Waals surface area contributed by atoms with Crippen LogP contribution in [0, 0.1) is 5.41 Å². The highest BCUT2D eigenvalue weighted by Gasteiger charge is 2.25. The molecule has 1 saturated heterocycles. The molecule has 18 heteroatoms. The average Bonchev–Trinajstić information content (AvgIpc) is 3.78. The zero-order valence-corrected chi connectivity index (χ0v) is 30.0. The topological polar surface area (TPSA) is 219 Å². The summed E-state index contributed by atoms with van der Waals surface area (Å²) in [7, 11) is -2.30. The Morgan fingerprint density at radius 2 is 1.88 bits per heavy atom. The highest BCUT2D eigenvalue weighted by Crippen LogP contribution is 2.27. The monoisotopic (exact) mass is 742 g/mol. The second-order valence-electron chi connectivity index (χ2n) is 11.1. The van der Waals surface area contributed by atoms with Crippen LogP contribution in [-0.2, 0) is 27.9 Å². The predicted octanol–water partition coefficient (Wildman–Crippen LogP) is 3.07. The Labute approximate surface area is 299 Å². The van der Waals surface area contributed by atoms with Crippen molar-refractivity contribution < 1.29 is 23.1 Å². The number of sulfonamides is 1. The van der Waals surface area contributed by atoms with E-state index in [4.69, 9.17) is 10.4 Å². The van der Waals surface area contributed by atoms with Crippen molar-refractivity contribution in [2.45, 2.75) is 36.9 Å². The number of benzene rings is 1. The first kappa shape index (κ1) is 38.2. The summed E-state index contributed by atoms with van der Waals surface area (Å²) in [4.78, 5) is 38.6. The van der Waals surface area contributed by atoms with E-state index in [0.717, 1.165) is 66.9 Å². The van der Waals surface area contributed by atoms with Crippen LogP contribution in [0.3, 0.4) is 0 Å². The van der Waals surface area contributed by atoms with Gasteiger partial charge in [-0.15, -0.1) is 22.7 Å². The number of nitrogens with zero attached hydrogens (tertiary/aromatic N) is 4. The number of piperazine rings is 1. The number of carboxylic acids is 1. The van der Waals surface area contributed by atoms with Crippen LogP contribution in [0.4, 0.5) is 16.5 Å². The summed E-state index contributed by atoms with van der Waals surface area (Å²) in [5.41, 5.74) is 6.99. The molecule has 1 aliphatic rings. The summed E-state index contributed by atoms with van der Waals surface area (Å²) >= 11 is 2.62. The normalized spacial score (nSPS) is 13.8. The molecule has 4 heterocycles. The van der Waals surface area contributed by atoms with E-state index in [9.17, 15) is 23.1 Å². The highest BCUT2D eigenvalue weighted by atomic mass is 32.2. The fraction of sp³-hybridized carbons (Fsp3) is 0.344. The Bertz CT molecular complexity index is 1790. The number of carbonyl (C=O) groups excluding carboxylic acids is 1. The molecular weight excluding hydrogens is 701 g/mol. The molecule has 0 radical (unpaired) electrons. The van der Waals surface area contributed by atoms with Gasteiger partial charge in [-0.3, -0.25) is 24.8 Å². The lowest BCUT2D eigenvalue weighted by Gasteiger charge is -2.34. The van der Waals surface area contributed by atoms with Crippen molar-refractivity contribution in [1.82, 2.24) is 25.5 Å². The van der Waals surface area contributed by atoms with Gasteiger partial charge >= 0.3 is 5.97 Å². The van der Waals surface area contributed by atoms with Crippen LogP contribution in [0.2, 0.25) is 0 Å². The van der Waals surface area contributed by atoms with Crippen molar-refractivity contribution in [2.75, 3.05) is 54.7 Å². The molecule has 3 aromatic heterocycles. The number of aliphatic carboxylic acids is 1. The molecule has 1 aliphatic heterocycles. The lowest BCUT2D eigenvalue weighted by atomic mass is 10.1. The Hall–Kier alpha value is -4.62. The van der Waals surface area contributed by atoms with E-state index in [2.05, 4.69) is 41.2 Å². The number of nitrogens with one attached hydrogen (secondary N) is 5. The van der Waals surface area contributed by atoms with Gasteiger partial charge in [0, 0.05) is 50.0 Å². The highest BCUT2D eigenvalue weighted by molar-refractivity contribution is 7.92. The Balaban J connectivity index is 0.00000181. The van der Waals surface area contributed by atoms with Crippen molar-refractivity contribution in [3.63, 3.8) is 0 Å². The van der Waals surface area contributed by atoms with Gasteiger partial charge in [0.15, 0.2) is 5.13 Å². The fourth-order valence-corrected chi connectivity index (χ4v) is 7.85. The van der Waals surface area contributed by atoms with Crippen molar-refractivity contribution >= 4 is 67.4 Å². The molecule has 1 aromatic carbocycles. The van der Waals surface area contributed by atoms with E-state index in [0.29, 0.717) is 25.2 Å². The maximum atomic E-state index is 13.3. The maximum Gasteiger partial charge on any atom is 0.326 e. The molecule has 50 heavy (non-hydrogen) atoms. The molecule has 0 bridgehead atoms. The molecule has 4 aromatic rings. The molecule has 5 rings (SSSR count). The van der Waals surface area contributed by atoms with E-state index < -0.39 is 27.9 Å². The van der Waals surface area contributed by atoms with Crippen molar-refractivity contribution in [3.05, 3.63) is 81.8 Å². The summed E-state index contributed by atoms with van der Waals surface area (Å²) in [6, 6.07) is 12.8. The number of rotatable bonds is 16. The number of pyridine rings is 1. The lowest BCUT2D eigenvalue weighted by molar-refractivity contribution is -0.139. The minimum Gasteiger partial charge on any atom is -0.480 e. The van der Waals surface area contributed by atoms with Gasteiger partial charge in [0.1, 0.15) is 10.9 Å². The molecule has 0 spiro atoms. The van der Waals surface area contributed by atoms with Gasteiger partial charge in [-0.25, -0.2) is 18.2 Å². The third-order valence-electron chi connectivity index (χ3n) is 7.55. The molecule has 1 atom stereocenters. The summed E-state index contributed by atoms with van der Waals surface area (Å²) in [5.74, 6) is -1.80. The summed E-state index contributed by atoms with van der Waals surface area (Å²) in [6.07, 6.45) is 3.36. The number of aromatic nitrogens is 2. The Kier molecular flexibility index (Phi) is 14.5. The van der Waals surface area contributed by atoms with Crippen molar-refractivity contribution in [1.29, 1.82) is 5.41 Å². The SMILES string of the molecule is CNCCC[C@H](NC(=O)c1sccc1NS(=O)(=O)c1cccc(NCc2csc(N3CCN(Cc4ccccn4)CC3)n2)c1)C(=O)O.N=CN. The van der Waals surface area contributed by atoms with Crippen LogP contribution in [-0.4, -0.2) is 92.4 Å². The first-order valence-electron chi connectivity index (χ1n) is 15.8. The molecular formula is C32H42N10O5S3. The van der Waals surface area contributed by atoms with Crippen LogP contribution in [0.5, 0.6) is 0 Å². The molecule has 1 fully saturated rings. The fourth-order valence-electron chi connectivity index (χ4n) is 5.04. The molecule has 8 N–H and O–H groups in total. The second-order valence-corrected chi connectivity index (χ2v) is 14.6. The van der Waals surface area contributed by atoms with Gasteiger partial charge in [-0.2, -0.15) is 0 Å². The van der Waals surface area contributed by atoms with Gasteiger partial charge in [0.2, 0.25) is 0 Å². The number of anilines is 3. The molecule has 0 saturated carbocycles. The van der Waals surface area contributed by atoms with Crippen LogP contribution in [0.25, 0.3) is 0 Å². The number of carbonyl (C=O) groups is 2. The minimum absolute atomic E-state index is 0.0121. The Morgan fingerprint density at radius 1 is 1.10 bits per heavy atom. The number of nitrogens with two attached hydrogens (primary N) is 1. The van der Waals surface area contributed by atoms with Crippen molar-refractivity contribution in [3.8, 4) is 0 Å². The molecule has 268 valence electrons. The maximum absolute atomic E-state index is 13.3. The third kappa shape index (κ3) is 11.2. The molecule has 0 aliphatic carbocycles. The van der Waals surface area contributed by atoms with Crippen LogP contribution < -0.4 is 31.3 Å². The van der Waals surface area contributed by atoms with Crippen LogP contribution in [0.15, 0.2) is 70.4 Å². The van der Waals surface area contributed by atoms with E-state index in [1.165, 1.54) is 18.2 Å². The average molecular weight is 743 g/mol. The van der Waals surface area contributed by atoms with Gasteiger partial charge in [0.05, 0.1) is 34.9 Å². The van der Waals surface area contributed by atoms with Crippen molar-refractivity contribution in [2.24, 2.45) is 5.73 Å². The Morgan fingerprint density at radius 3 is 2.58 bits per heavy atom. The third-order valence-corrected chi connectivity index (χ3v) is 10.8. The first-order valence-corrected chi connectivity index (χ1v) is 19.0. The standard InChI is InChI=1S/C31H38N8O5S3.CH4N2/c1-32-11-5-9-27(30(41)42)36-29(40)28-26(10-17-45-28)37-47(43,44)25-8-4-7-22(18-25)34-19-24-21-46-31(35-24)39-15-13-38(14-16-39)20-23-6-2-3-12-33-23;2-1-3/h2-4,6-8,10,12,17-18,21,27,32,34,37H,5,9,11,13-16,19-20H2,1H3,(H,36,40)(H,41,42);1H,(H3,2,3)/t27-;/m0./s1. The molecule has 15 nitrogen and oxygen atoms in total. The smallest absolute Gasteiger partial charge is 0.326 e. The van der Waals surface area contributed by atoms with Gasteiger partial charge in [-0.1, -0.05) is 12.1 Å². The molecule has 1 amide bonds. The number of amides is 1. The van der Waals surface area contributed by atoms with E-state index in [-0.39, 0.29) is 21.9 Å². The van der Waals surface area contributed by atoms with Crippen LogP contribution in [0.1, 0.15) is 33.9 Å². The number of carboxylic acid groups (broad SMARTS) is 1. The van der Waals surface area contributed by atoms with Gasteiger partial charge in [0.25, 0.3) is 15.9 Å². The zero-order chi connectivity index (χ0) is 35.9. The second kappa shape index (κ2) is 19.0. The first-order chi connectivity index (χ1) is 24.1. The zero-order valence-electron chi connectivity index (χ0n) is 27.5. The predicted molar refractivity (Wildman–Crippen MR) is 198 cm³/mol. The van der Waals surface area contributed by atoms with E-state index in [1.54, 1.807) is 35.9 Å². The number of hydrogen-bond donors (Lipinski definition) is 7. The number of thiophene rings is 1. The van der Waals surface area contributed by atoms with Crippen LogP contribution >= 0.6 is 22.7 Å². The quantitative estimate of drug-likeness (QED) is 0.0501. The number of thiazole rings is 1. The minimum atomic E-state index is -4.06. The molecule has 0 unspecified atom stereocenters. The van der Waals surface area contributed by atoms with E-state index in [1.807, 2.05) is 29.8 Å². The summed E-state index contributed by atoms with van der Waals surface area (Å²) in [6.45, 7) is 5.47. The lowest BCUT2D eigenvalue weighted by Crippen LogP contribution is -2.46. The van der Waals surface area contributed by atoms with Gasteiger partial charge < -0.3 is 31.7 Å². The van der Waals surface area contributed by atoms with E-state index >= 15 is 0 Å². The van der Waals surface area contributed by atoms with Gasteiger partial charge in [-0.05, 0) is 68.2 Å².